The molecule has 0 radical (unpaired) electrons. The highest BCUT2D eigenvalue weighted by molar-refractivity contribution is 5.92. The van der Waals surface area contributed by atoms with Gasteiger partial charge in [-0.3, -0.25) is 4.68 Å². The van der Waals surface area contributed by atoms with Gasteiger partial charge >= 0.3 is 5.97 Å². The second-order valence-electron chi connectivity index (χ2n) is 4.56. The predicted molar refractivity (Wildman–Crippen MR) is 76.8 cm³/mol. The zero-order chi connectivity index (χ0) is 15.4. The average molecular weight is 290 g/mol. The van der Waals surface area contributed by atoms with Gasteiger partial charge in [0.05, 0.1) is 18.0 Å². The van der Waals surface area contributed by atoms with E-state index < -0.39 is 5.97 Å². The van der Waals surface area contributed by atoms with Crippen LogP contribution in [0.15, 0.2) is 24.3 Å². The van der Waals surface area contributed by atoms with E-state index in [1.165, 1.54) is 6.07 Å². The Hall–Kier alpha value is -2.50. The smallest absolute Gasteiger partial charge is 0.339 e. The molecule has 0 aliphatic carbocycles. The monoisotopic (exact) mass is 290 g/mol. The number of ether oxygens (including phenoxy) is 2. The highest BCUT2D eigenvalue weighted by atomic mass is 16.5. The fourth-order valence-corrected chi connectivity index (χ4v) is 2.05. The SMILES string of the molecule is CCOc1cccc(C(=O)O)c1OCc1cc(C)nn1C. The lowest BCUT2D eigenvalue weighted by Crippen LogP contribution is -2.08. The van der Waals surface area contributed by atoms with Crippen LogP contribution in [0.5, 0.6) is 11.5 Å². The van der Waals surface area contributed by atoms with Gasteiger partial charge in [-0.2, -0.15) is 5.10 Å². The Labute approximate surface area is 122 Å². The van der Waals surface area contributed by atoms with Crippen LogP contribution >= 0.6 is 0 Å². The minimum atomic E-state index is -1.05. The van der Waals surface area contributed by atoms with E-state index in [2.05, 4.69) is 5.10 Å². The third kappa shape index (κ3) is 3.34. The first-order valence-corrected chi connectivity index (χ1v) is 6.64. The van der Waals surface area contributed by atoms with Crippen molar-refractivity contribution in [2.24, 2.45) is 7.05 Å². The van der Waals surface area contributed by atoms with Crippen molar-refractivity contribution in [3.05, 3.63) is 41.2 Å². The van der Waals surface area contributed by atoms with Crippen LogP contribution in [0.25, 0.3) is 0 Å². The molecular weight excluding hydrogens is 272 g/mol. The number of aromatic nitrogens is 2. The van der Waals surface area contributed by atoms with Crippen molar-refractivity contribution in [3.63, 3.8) is 0 Å². The number of carboxylic acids is 1. The molecule has 0 saturated carbocycles. The van der Waals surface area contributed by atoms with E-state index in [9.17, 15) is 9.90 Å². The van der Waals surface area contributed by atoms with E-state index >= 15 is 0 Å². The fourth-order valence-electron chi connectivity index (χ4n) is 2.05. The molecule has 0 fully saturated rings. The molecule has 0 unspecified atom stereocenters. The molecule has 0 saturated heterocycles. The van der Waals surface area contributed by atoms with Crippen LogP contribution in [-0.4, -0.2) is 27.5 Å². The van der Waals surface area contributed by atoms with Gasteiger partial charge in [-0.15, -0.1) is 0 Å². The normalized spacial score (nSPS) is 10.4. The Morgan fingerprint density at radius 1 is 1.38 bits per heavy atom. The third-order valence-electron chi connectivity index (χ3n) is 2.97. The zero-order valence-corrected chi connectivity index (χ0v) is 12.3. The van der Waals surface area contributed by atoms with Crippen molar-refractivity contribution in [1.82, 2.24) is 9.78 Å². The van der Waals surface area contributed by atoms with Gasteiger partial charge < -0.3 is 14.6 Å². The van der Waals surface area contributed by atoms with Crippen LogP contribution in [0.4, 0.5) is 0 Å². The summed E-state index contributed by atoms with van der Waals surface area (Å²) in [7, 11) is 1.82. The quantitative estimate of drug-likeness (QED) is 0.884. The van der Waals surface area contributed by atoms with Crippen molar-refractivity contribution < 1.29 is 19.4 Å². The molecule has 0 aliphatic heterocycles. The van der Waals surface area contributed by atoms with Gasteiger partial charge in [-0.25, -0.2) is 4.79 Å². The molecule has 1 aromatic heterocycles. The Morgan fingerprint density at radius 2 is 2.14 bits per heavy atom. The van der Waals surface area contributed by atoms with Gasteiger partial charge in [0.2, 0.25) is 0 Å². The molecule has 1 aromatic carbocycles. The second kappa shape index (κ2) is 6.30. The summed E-state index contributed by atoms with van der Waals surface area (Å²) in [4.78, 5) is 11.3. The lowest BCUT2D eigenvalue weighted by molar-refractivity contribution is 0.0690. The highest BCUT2D eigenvalue weighted by Crippen LogP contribution is 2.32. The first-order chi connectivity index (χ1) is 10.0. The van der Waals surface area contributed by atoms with Crippen molar-refractivity contribution in [2.75, 3.05) is 6.61 Å². The minimum Gasteiger partial charge on any atom is -0.490 e. The van der Waals surface area contributed by atoms with Crippen LogP contribution in [0.1, 0.15) is 28.7 Å². The van der Waals surface area contributed by atoms with Gasteiger partial charge in [-0.1, -0.05) is 6.07 Å². The zero-order valence-electron chi connectivity index (χ0n) is 12.3. The van der Waals surface area contributed by atoms with Gasteiger partial charge in [0.15, 0.2) is 11.5 Å². The largest absolute Gasteiger partial charge is 0.490 e. The number of aromatic carboxylic acids is 1. The molecule has 6 nitrogen and oxygen atoms in total. The maximum absolute atomic E-state index is 11.3. The topological polar surface area (TPSA) is 73.6 Å². The van der Waals surface area contributed by atoms with Gasteiger partial charge in [-0.05, 0) is 32.0 Å². The van der Waals surface area contributed by atoms with E-state index in [1.54, 1.807) is 16.8 Å². The molecule has 0 spiro atoms. The Morgan fingerprint density at radius 3 is 2.71 bits per heavy atom. The summed E-state index contributed by atoms with van der Waals surface area (Å²) in [5.41, 5.74) is 1.82. The fraction of sp³-hybridized carbons (Fsp3) is 0.333. The number of aryl methyl sites for hydroxylation is 2. The first kappa shape index (κ1) is 14.9. The first-order valence-electron chi connectivity index (χ1n) is 6.64. The molecule has 0 amide bonds. The van der Waals surface area contributed by atoms with Crippen molar-refractivity contribution in [1.29, 1.82) is 0 Å². The molecule has 21 heavy (non-hydrogen) atoms. The number of para-hydroxylation sites is 1. The Kier molecular flexibility index (Phi) is 4.47. The van der Waals surface area contributed by atoms with Gasteiger partial charge in [0.25, 0.3) is 0 Å². The minimum absolute atomic E-state index is 0.0832. The molecule has 2 aromatic rings. The van der Waals surface area contributed by atoms with E-state index in [0.29, 0.717) is 12.4 Å². The number of nitrogens with zero attached hydrogens (tertiary/aromatic N) is 2. The molecule has 1 N–H and O–H groups in total. The predicted octanol–water partition coefficient (Wildman–Crippen LogP) is 2.40. The number of hydrogen-bond acceptors (Lipinski definition) is 4. The van der Waals surface area contributed by atoms with Crippen LogP contribution < -0.4 is 9.47 Å². The van der Waals surface area contributed by atoms with E-state index in [4.69, 9.17) is 9.47 Å². The Bertz CT molecular complexity index is 649. The molecule has 0 atom stereocenters. The molecule has 112 valence electrons. The molecule has 1 heterocycles. The van der Waals surface area contributed by atoms with Crippen molar-refractivity contribution in [2.45, 2.75) is 20.5 Å². The molecule has 0 bridgehead atoms. The number of rotatable bonds is 6. The number of carboxylic acid groups (broad SMARTS) is 1. The molecule has 0 aliphatic rings. The summed E-state index contributed by atoms with van der Waals surface area (Å²) in [6, 6.07) is 6.72. The van der Waals surface area contributed by atoms with Crippen LogP contribution in [0.2, 0.25) is 0 Å². The highest BCUT2D eigenvalue weighted by Gasteiger charge is 2.17. The maximum Gasteiger partial charge on any atom is 0.339 e. The van der Waals surface area contributed by atoms with E-state index in [0.717, 1.165) is 11.4 Å². The van der Waals surface area contributed by atoms with Gasteiger partial charge in [0, 0.05) is 7.05 Å². The van der Waals surface area contributed by atoms with E-state index in [-0.39, 0.29) is 17.9 Å². The van der Waals surface area contributed by atoms with Crippen LogP contribution in [0.3, 0.4) is 0 Å². The summed E-state index contributed by atoms with van der Waals surface area (Å²) in [6.45, 7) is 4.38. The second-order valence-corrected chi connectivity index (χ2v) is 4.56. The lowest BCUT2D eigenvalue weighted by atomic mass is 10.2. The lowest BCUT2D eigenvalue weighted by Gasteiger charge is -2.14. The average Bonchev–Trinajstić information content (AvgIpc) is 2.75. The number of carbonyl (C=O) groups is 1. The van der Waals surface area contributed by atoms with Crippen LogP contribution in [0, 0.1) is 6.92 Å². The van der Waals surface area contributed by atoms with Gasteiger partial charge in [0.1, 0.15) is 12.2 Å². The molecular formula is C15H18N2O4. The molecule has 2 rings (SSSR count). The maximum atomic E-state index is 11.3. The standard InChI is InChI=1S/C15H18N2O4/c1-4-20-13-7-5-6-12(15(18)19)14(13)21-9-11-8-10(2)16-17(11)3/h5-8H,4,9H2,1-3H3,(H,18,19). The summed E-state index contributed by atoms with van der Waals surface area (Å²) in [6.07, 6.45) is 0. The molecule has 6 heteroatoms. The summed E-state index contributed by atoms with van der Waals surface area (Å²) < 4.78 is 12.8. The summed E-state index contributed by atoms with van der Waals surface area (Å²) in [5.74, 6) is -0.380. The van der Waals surface area contributed by atoms with Crippen molar-refractivity contribution in [3.8, 4) is 11.5 Å². The summed E-state index contributed by atoms with van der Waals surface area (Å²) >= 11 is 0. The summed E-state index contributed by atoms with van der Waals surface area (Å²) in [5, 5.41) is 13.5. The third-order valence-corrected chi connectivity index (χ3v) is 2.97. The number of benzene rings is 1. The van der Waals surface area contributed by atoms with E-state index in [1.807, 2.05) is 27.0 Å². The number of hydrogen-bond donors (Lipinski definition) is 1. The van der Waals surface area contributed by atoms with Crippen LogP contribution in [-0.2, 0) is 13.7 Å². The Balaban J connectivity index is 2.28. The van der Waals surface area contributed by atoms with Crippen molar-refractivity contribution >= 4 is 5.97 Å².